The summed E-state index contributed by atoms with van der Waals surface area (Å²) in [4.78, 5) is 42.0. The average molecular weight is 314 g/mol. The number of carboxylic acids is 2. The number of carbonyl (C=O) groups is 4. The third-order valence-corrected chi connectivity index (χ3v) is 1.73. The zero-order valence-corrected chi connectivity index (χ0v) is 10.5. The van der Waals surface area contributed by atoms with Gasteiger partial charge in [-0.2, -0.15) is 0 Å². The number of aliphatic carboxylic acids is 2. The van der Waals surface area contributed by atoms with Crippen LogP contribution in [0.4, 0.5) is 8.78 Å². The highest BCUT2D eigenvalue weighted by Crippen LogP contribution is 1.95. The molecule has 0 heterocycles. The Morgan fingerprint density at radius 2 is 1.14 bits per heavy atom. The number of alkyl halides is 2. The maximum atomic E-state index is 12.5. The summed E-state index contributed by atoms with van der Waals surface area (Å²) >= 11 is 0. The van der Waals surface area contributed by atoms with E-state index in [0.717, 1.165) is 0 Å². The lowest BCUT2D eigenvalue weighted by molar-refractivity contribution is -0.168. The third kappa shape index (κ3) is 9.40. The molecule has 9 nitrogen and oxygen atoms in total. The number of ether oxygens (including phenoxy) is 3. The molecule has 2 unspecified atom stereocenters. The normalized spacial score (nSPS) is 13.2. The Balaban J connectivity index is 3.77. The first-order chi connectivity index (χ1) is 9.73. The van der Waals surface area contributed by atoms with Crippen molar-refractivity contribution in [2.75, 3.05) is 26.4 Å². The SMILES string of the molecule is O=C(COCC(F)C(=O)O)OC(=O)COCC(F)C(=O)O. The Labute approximate surface area is 116 Å². The van der Waals surface area contributed by atoms with Gasteiger partial charge in [0.2, 0.25) is 12.3 Å². The van der Waals surface area contributed by atoms with E-state index >= 15 is 0 Å². The van der Waals surface area contributed by atoms with Gasteiger partial charge < -0.3 is 24.4 Å². The molecule has 0 aromatic rings. The number of carbonyl (C=O) groups excluding carboxylic acids is 2. The van der Waals surface area contributed by atoms with E-state index in [2.05, 4.69) is 14.2 Å². The molecule has 0 aromatic carbocycles. The van der Waals surface area contributed by atoms with Crippen molar-refractivity contribution in [3.63, 3.8) is 0 Å². The van der Waals surface area contributed by atoms with Crippen LogP contribution in [0.25, 0.3) is 0 Å². The average Bonchev–Trinajstić information content (AvgIpc) is 2.37. The van der Waals surface area contributed by atoms with Crippen LogP contribution < -0.4 is 0 Å². The summed E-state index contributed by atoms with van der Waals surface area (Å²) in [5.41, 5.74) is 0. The number of hydrogen-bond acceptors (Lipinski definition) is 7. The molecule has 0 spiro atoms. The van der Waals surface area contributed by atoms with Gasteiger partial charge in [0.05, 0.1) is 13.2 Å². The Bertz CT molecular complexity index is 362. The second-order valence-electron chi connectivity index (χ2n) is 3.49. The maximum Gasteiger partial charge on any atom is 0.340 e. The largest absolute Gasteiger partial charge is 0.479 e. The van der Waals surface area contributed by atoms with Gasteiger partial charge in [-0.25, -0.2) is 28.0 Å². The van der Waals surface area contributed by atoms with Gasteiger partial charge in [0.1, 0.15) is 13.2 Å². The van der Waals surface area contributed by atoms with Gasteiger partial charge >= 0.3 is 23.9 Å². The summed E-state index contributed by atoms with van der Waals surface area (Å²) < 4.78 is 37.7. The van der Waals surface area contributed by atoms with Crippen molar-refractivity contribution < 1.29 is 52.4 Å². The minimum absolute atomic E-state index is 0.875. The van der Waals surface area contributed by atoms with Gasteiger partial charge in [-0.05, 0) is 0 Å². The number of esters is 2. The van der Waals surface area contributed by atoms with Crippen LogP contribution >= 0.6 is 0 Å². The van der Waals surface area contributed by atoms with E-state index in [1.165, 1.54) is 0 Å². The summed E-state index contributed by atoms with van der Waals surface area (Å²) in [6.45, 7) is -3.56. The fourth-order valence-electron chi connectivity index (χ4n) is 0.820. The predicted molar refractivity (Wildman–Crippen MR) is 57.8 cm³/mol. The lowest BCUT2D eigenvalue weighted by Gasteiger charge is -2.06. The van der Waals surface area contributed by atoms with Crippen LogP contribution in [0.1, 0.15) is 0 Å². The topological polar surface area (TPSA) is 136 Å². The molecule has 0 aromatic heterocycles. The Kier molecular flexibility index (Phi) is 8.73. The Morgan fingerprint density at radius 1 is 0.810 bits per heavy atom. The fourth-order valence-corrected chi connectivity index (χ4v) is 0.820. The van der Waals surface area contributed by atoms with Gasteiger partial charge in [-0.3, -0.25) is 0 Å². The quantitative estimate of drug-likeness (QED) is 0.381. The molecular weight excluding hydrogens is 302 g/mol. The molecule has 2 atom stereocenters. The molecular formula is C10H12F2O9. The maximum absolute atomic E-state index is 12.5. The van der Waals surface area contributed by atoms with Crippen molar-refractivity contribution in [2.24, 2.45) is 0 Å². The minimum Gasteiger partial charge on any atom is -0.479 e. The van der Waals surface area contributed by atoms with Crippen LogP contribution in [0.2, 0.25) is 0 Å². The minimum atomic E-state index is -2.32. The monoisotopic (exact) mass is 314 g/mol. The molecule has 0 aliphatic heterocycles. The molecule has 0 aliphatic carbocycles. The van der Waals surface area contributed by atoms with E-state index in [4.69, 9.17) is 10.2 Å². The molecule has 0 bridgehead atoms. The lowest BCUT2D eigenvalue weighted by Crippen LogP contribution is -2.27. The van der Waals surface area contributed by atoms with E-state index < -0.39 is 62.6 Å². The highest BCUT2D eigenvalue weighted by molar-refractivity contribution is 5.86. The predicted octanol–water partition coefficient (Wildman–Crippen LogP) is -1.07. The lowest BCUT2D eigenvalue weighted by atomic mass is 10.4. The van der Waals surface area contributed by atoms with Gasteiger partial charge in [0.25, 0.3) is 0 Å². The van der Waals surface area contributed by atoms with Crippen molar-refractivity contribution in [2.45, 2.75) is 12.3 Å². The van der Waals surface area contributed by atoms with Gasteiger partial charge in [0.15, 0.2) is 0 Å². The molecule has 0 amide bonds. The van der Waals surface area contributed by atoms with Crippen molar-refractivity contribution in [3.8, 4) is 0 Å². The molecule has 11 heteroatoms. The summed E-state index contributed by atoms with van der Waals surface area (Å²) in [5, 5.41) is 16.3. The van der Waals surface area contributed by atoms with Crippen molar-refractivity contribution >= 4 is 23.9 Å². The van der Waals surface area contributed by atoms with Gasteiger partial charge in [0, 0.05) is 0 Å². The van der Waals surface area contributed by atoms with Crippen LogP contribution in [0.5, 0.6) is 0 Å². The summed E-state index contributed by atoms with van der Waals surface area (Å²) in [6, 6.07) is 0. The van der Waals surface area contributed by atoms with Crippen molar-refractivity contribution in [3.05, 3.63) is 0 Å². The Morgan fingerprint density at radius 3 is 1.43 bits per heavy atom. The first kappa shape index (κ1) is 18.9. The van der Waals surface area contributed by atoms with Crippen molar-refractivity contribution in [1.82, 2.24) is 0 Å². The number of rotatable bonds is 10. The third-order valence-electron chi connectivity index (χ3n) is 1.73. The van der Waals surface area contributed by atoms with E-state index in [9.17, 15) is 28.0 Å². The van der Waals surface area contributed by atoms with Gasteiger partial charge in [-0.1, -0.05) is 0 Å². The number of carboxylic acid groups (broad SMARTS) is 2. The number of halogens is 2. The second-order valence-corrected chi connectivity index (χ2v) is 3.49. The highest BCUT2D eigenvalue weighted by Gasteiger charge is 2.19. The van der Waals surface area contributed by atoms with E-state index in [-0.39, 0.29) is 0 Å². The van der Waals surface area contributed by atoms with Crippen LogP contribution in [-0.4, -0.2) is 72.9 Å². The van der Waals surface area contributed by atoms with Crippen LogP contribution in [-0.2, 0) is 33.4 Å². The van der Waals surface area contributed by atoms with Gasteiger partial charge in [-0.15, -0.1) is 0 Å². The first-order valence-corrected chi connectivity index (χ1v) is 5.36. The fraction of sp³-hybridized carbons (Fsp3) is 0.600. The summed E-state index contributed by atoms with van der Waals surface area (Å²) in [7, 11) is 0. The van der Waals surface area contributed by atoms with E-state index in [1.54, 1.807) is 0 Å². The zero-order chi connectivity index (χ0) is 16.4. The molecule has 0 radical (unpaired) electrons. The summed E-state index contributed by atoms with van der Waals surface area (Å²) in [5.74, 6) is -6.02. The molecule has 0 saturated heterocycles. The van der Waals surface area contributed by atoms with Crippen molar-refractivity contribution in [1.29, 1.82) is 0 Å². The molecule has 21 heavy (non-hydrogen) atoms. The van der Waals surface area contributed by atoms with E-state index in [1.807, 2.05) is 0 Å². The Hall–Kier alpha value is -2.14. The molecule has 0 saturated carbocycles. The standard InChI is InChI=1S/C10H12F2O9/c11-5(9(15)16)1-19-3-7(13)21-8(14)4-20-2-6(12)10(17)18/h5-6H,1-4H2,(H,15,16)(H,17,18). The molecule has 0 aliphatic rings. The highest BCUT2D eigenvalue weighted by atomic mass is 19.1. The van der Waals surface area contributed by atoms with Crippen LogP contribution in [0, 0.1) is 0 Å². The smallest absolute Gasteiger partial charge is 0.340 e. The van der Waals surface area contributed by atoms with Crippen LogP contribution in [0.3, 0.4) is 0 Å². The molecule has 120 valence electrons. The second kappa shape index (κ2) is 9.72. The molecule has 2 N–H and O–H groups in total. The van der Waals surface area contributed by atoms with E-state index in [0.29, 0.717) is 0 Å². The zero-order valence-electron chi connectivity index (χ0n) is 10.5. The number of hydrogen-bond donors (Lipinski definition) is 2. The first-order valence-electron chi connectivity index (χ1n) is 5.36. The molecule has 0 rings (SSSR count). The molecule has 0 fully saturated rings. The summed E-state index contributed by atoms with van der Waals surface area (Å²) in [6.07, 6.45) is -4.65. The van der Waals surface area contributed by atoms with Crippen LogP contribution in [0.15, 0.2) is 0 Å².